The van der Waals surface area contributed by atoms with Gasteiger partial charge in [-0.3, -0.25) is 4.79 Å². The molecule has 0 radical (unpaired) electrons. The largest absolute Gasteiger partial charge is 0.394 e. The minimum atomic E-state index is -0.825. The maximum absolute atomic E-state index is 11.5. The summed E-state index contributed by atoms with van der Waals surface area (Å²) in [4.78, 5) is 11.5. The van der Waals surface area contributed by atoms with Crippen molar-refractivity contribution in [3.63, 3.8) is 0 Å². The highest BCUT2D eigenvalue weighted by molar-refractivity contribution is 5.76. The Morgan fingerprint density at radius 1 is 0.885 bits per heavy atom. The highest BCUT2D eigenvalue weighted by atomic mass is 16.3. The highest BCUT2D eigenvalue weighted by Gasteiger charge is 2.17. The van der Waals surface area contributed by atoms with Crippen molar-refractivity contribution < 1.29 is 15.0 Å². The molecule has 0 saturated carbocycles. The SMILES string of the molecule is CCCCCCCCCCCCC/C=C/[C@H](O)[C@@H](CO)NC(=O)CCC. The predicted molar refractivity (Wildman–Crippen MR) is 110 cm³/mol. The lowest BCUT2D eigenvalue weighted by molar-refractivity contribution is -0.122. The molecule has 0 aliphatic carbocycles. The molecule has 0 aliphatic rings. The Morgan fingerprint density at radius 3 is 1.92 bits per heavy atom. The summed E-state index contributed by atoms with van der Waals surface area (Å²) >= 11 is 0. The van der Waals surface area contributed by atoms with E-state index in [1.165, 1.54) is 64.2 Å². The lowest BCUT2D eigenvalue weighted by Crippen LogP contribution is -2.45. The Hall–Kier alpha value is -0.870. The molecule has 0 aromatic heterocycles. The molecule has 3 N–H and O–H groups in total. The number of hydrogen-bond acceptors (Lipinski definition) is 3. The molecule has 26 heavy (non-hydrogen) atoms. The average Bonchev–Trinajstić information content (AvgIpc) is 2.63. The minimum absolute atomic E-state index is 0.121. The van der Waals surface area contributed by atoms with Crippen LogP contribution in [0.15, 0.2) is 12.2 Å². The molecule has 4 heteroatoms. The number of carbonyl (C=O) groups is 1. The van der Waals surface area contributed by atoms with Gasteiger partial charge in [-0.2, -0.15) is 0 Å². The van der Waals surface area contributed by atoms with E-state index < -0.39 is 12.1 Å². The molecule has 0 aromatic carbocycles. The third-order valence-electron chi connectivity index (χ3n) is 4.74. The van der Waals surface area contributed by atoms with Crippen molar-refractivity contribution in [2.24, 2.45) is 0 Å². The lowest BCUT2D eigenvalue weighted by atomic mass is 10.0. The van der Waals surface area contributed by atoms with E-state index >= 15 is 0 Å². The topological polar surface area (TPSA) is 69.6 Å². The van der Waals surface area contributed by atoms with E-state index in [1.807, 2.05) is 13.0 Å². The van der Waals surface area contributed by atoms with Crippen LogP contribution in [-0.2, 0) is 4.79 Å². The summed E-state index contributed by atoms with van der Waals surface area (Å²) in [5.41, 5.74) is 0. The van der Waals surface area contributed by atoms with Crippen LogP contribution in [0.25, 0.3) is 0 Å². The second kappa shape index (κ2) is 18.9. The van der Waals surface area contributed by atoms with Crippen molar-refractivity contribution in [1.29, 1.82) is 0 Å². The third-order valence-corrected chi connectivity index (χ3v) is 4.74. The summed E-state index contributed by atoms with van der Waals surface area (Å²) in [6.07, 6.45) is 19.6. The average molecular weight is 370 g/mol. The van der Waals surface area contributed by atoms with E-state index in [0.29, 0.717) is 6.42 Å². The zero-order valence-electron chi connectivity index (χ0n) is 17.2. The van der Waals surface area contributed by atoms with E-state index in [0.717, 1.165) is 19.3 Å². The Kier molecular flexibility index (Phi) is 18.3. The van der Waals surface area contributed by atoms with Gasteiger partial charge in [0.1, 0.15) is 0 Å². The Labute approximate surface area is 161 Å². The second-order valence-electron chi connectivity index (χ2n) is 7.35. The number of aliphatic hydroxyl groups is 2. The molecule has 0 unspecified atom stereocenters. The molecule has 0 aromatic rings. The fourth-order valence-corrected chi connectivity index (χ4v) is 3.04. The van der Waals surface area contributed by atoms with Gasteiger partial charge in [-0.1, -0.05) is 90.2 Å². The number of rotatable bonds is 18. The number of aliphatic hydroxyl groups excluding tert-OH is 2. The molecule has 0 saturated heterocycles. The standard InChI is InChI=1S/C22H43NO3/c1-3-5-6-7-8-9-10-11-12-13-14-15-16-18-21(25)20(19-24)23-22(26)17-4-2/h16,18,20-21,24-25H,3-15,17,19H2,1-2H3,(H,23,26)/b18-16+/t20-,21+/m1/s1. The van der Waals surface area contributed by atoms with Gasteiger partial charge in [-0.05, 0) is 19.3 Å². The van der Waals surface area contributed by atoms with Crippen LogP contribution in [0.2, 0.25) is 0 Å². The first-order chi connectivity index (χ1) is 12.7. The van der Waals surface area contributed by atoms with Gasteiger partial charge in [0, 0.05) is 6.42 Å². The van der Waals surface area contributed by atoms with Crippen molar-refractivity contribution >= 4 is 5.91 Å². The van der Waals surface area contributed by atoms with Gasteiger partial charge in [0.25, 0.3) is 0 Å². The van der Waals surface area contributed by atoms with Crippen molar-refractivity contribution in [2.75, 3.05) is 6.61 Å². The highest BCUT2D eigenvalue weighted by Crippen LogP contribution is 2.12. The summed E-state index contributed by atoms with van der Waals surface area (Å²) in [5.74, 6) is -0.121. The molecular formula is C22H43NO3. The van der Waals surface area contributed by atoms with Gasteiger partial charge >= 0.3 is 0 Å². The molecule has 0 bridgehead atoms. The molecule has 154 valence electrons. The minimum Gasteiger partial charge on any atom is -0.394 e. The number of nitrogens with one attached hydrogen (secondary N) is 1. The summed E-state index contributed by atoms with van der Waals surface area (Å²) < 4.78 is 0. The Morgan fingerprint density at radius 2 is 1.42 bits per heavy atom. The van der Waals surface area contributed by atoms with Gasteiger partial charge in [0.15, 0.2) is 0 Å². The fraction of sp³-hybridized carbons (Fsp3) is 0.864. The van der Waals surface area contributed by atoms with Crippen molar-refractivity contribution in [3.05, 3.63) is 12.2 Å². The number of unbranched alkanes of at least 4 members (excludes halogenated alkanes) is 11. The molecule has 4 nitrogen and oxygen atoms in total. The summed E-state index contributed by atoms with van der Waals surface area (Å²) in [6, 6.07) is -0.609. The van der Waals surface area contributed by atoms with Crippen LogP contribution in [0.4, 0.5) is 0 Å². The molecule has 0 rings (SSSR count). The second-order valence-corrected chi connectivity index (χ2v) is 7.35. The number of amides is 1. The molecule has 0 fully saturated rings. The summed E-state index contributed by atoms with van der Waals surface area (Å²) in [6.45, 7) is 3.93. The van der Waals surface area contributed by atoms with Gasteiger partial charge < -0.3 is 15.5 Å². The van der Waals surface area contributed by atoms with Crippen LogP contribution < -0.4 is 5.32 Å². The maximum Gasteiger partial charge on any atom is 0.220 e. The van der Waals surface area contributed by atoms with Crippen LogP contribution in [0.3, 0.4) is 0 Å². The van der Waals surface area contributed by atoms with E-state index in [4.69, 9.17) is 0 Å². The molecular weight excluding hydrogens is 326 g/mol. The number of carbonyl (C=O) groups excluding carboxylic acids is 1. The van der Waals surface area contributed by atoms with Gasteiger partial charge in [-0.15, -0.1) is 0 Å². The Balaban J connectivity index is 3.59. The number of hydrogen-bond donors (Lipinski definition) is 3. The van der Waals surface area contributed by atoms with E-state index in [2.05, 4.69) is 12.2 Å². The molecule has 2 atom stereocenters. The first kappa shape index (κ1) is 25.1. The smallest absolute Gasteiger partial charge is 0.220 e. The Bertz CT molecular complexity index is 344. The van der Waals surface area contributed by atoms with Crippen LogP contribution in [0.5, 0.6) is 0 Å². The van der Waals surface area contributed by atoms with Crippen LogP contribution in [0.1, 0.15) is 104 Å². The molecule has 0 aliphatic heterocycles. The van der Waals surface area contributed by atoms with Crippen LogP contribution in [0, 0.1) is 0 Å². The normalized spacial score (nSPS) is 13.8. The predicted octanol–water partition coefficient (Wildman–Crippen LogP) is 4.88. The fourth-order valence-electron chi connectivity index (χ4n) is 3.04. The van der Waals surface area contributed by atoms with Crippen molar-refractivity contribution in [1.82, 2.24) is 5.32 Å². The van der Waals surface area contributed by atoms with Gasteiger partial charge in [0.2, 0.25) is 5.91 Å². The van der Waals surface area contributed by atoms with Gasteiger partial charge in [-0.25, -0.2) is 0 Å². The quantitative estimate of drug-likeness (QED) is 0.238. The zero-order chi connectivity index (χ0) is 19.5. The number of allylic oxidation sites excluding steroid dienone is 1. The zero-order valence-corrected chi connectivity index (χ0v) is 17.2. The molecule has 1 amide bonds. The molecule has 0 spiro atoms. The van der Waals surface area contributed by atoms with Crippen molar-refractivity contribution in [3.8, 4) is 0 Å². The van der Waals surface area contributed by atoms with E-state index in [9.17, 15) is 15.0 Å². The van der Waals surface area contributed by atoms with E-state index in [1.54, 1.807) is 6.08 Å². The van der Waals surface area contributed by atoms with E-state index in [-0.39, 0.29) is 12.5 Å². The van der Waals surface area contributed by atoms with Gasteiger partial charge in [0.05, 0.1) is 18.8 Å². The molecule has 0 heterocycles. The van der Waals surface area contributed by atoms with Crippen LogP contribution >= 0.6 is 0 Å². The maximum atomic E-state index is 11.5. The summed E-state index contributed by atoms with van der Waals surface area (Å²) in [5, 5.41) is 22.0. The lowest BCUT2D eigenvalue weighted by Gasteiger charge is -2.19. The third kappa shape index (κ3) is 15.4. The first-order valence-electron chi connectivity index (χ1n) is 10.9. The van der Waals surface area contributed by atoms with Crippen molar-refractivity contribution in [2.45, 2.75) is 116 Å². The monoisotopic (exact) mass is 369 g/mol. The van der Waals surface area contributed by atoms with Crippen LogP contribution in [-0.4, -0.2) is 34.9 Å². The summed E-state index contributed by atoms with van der Waals surface area (Å²) in [7, 11) is 0. The first-order valence-corrected chi connectivity index (χ1v) is 10.9.